The molecule has 0 aliphatic carbocycles. The van der Waals surface area contributed by atoms with Crippen molar-refractivity contribution in [3.05, 3.63) is 94.3 Å². The first-order chi connectivity index (χ1) is 17.8. The number of aliphatic hydroxyl groups is 1. The second-order valence-corrected chi connectivity index (χ2v) is 8.69. The number of halogens is 1. The number of aryl methyl sites for hydroxylation is 1. The lowest BCUT2D eigenvalue weighted by atomic mass is 9.94. The maximum Gasteiger partial charge on any atom is 0.295 e. The fraction of sp³-hybridized carbons (Fsp3) is 0.241. The molecule has 1 amide bonds. The Morgan fingerprint density at radius 3 is 2.19 bits per heavy atom. The van der Waals surface area contributed by atoms with Crippen LogP contribution in [0.5, 0.6) is 17.2 Å². The van der Waals surface area contributed by atoms with E-state index in [1.165, 1.54) is 38.4 Å². The zero-order valence-corrected chi connectivity index (χ0v) is 21.1. The first-order valence-corrected chi connectivity index (χ1v) is 11.7. The normalized spacial score (nSPS) is 16.7. The lowest BCUT2D eigenvalue weighted by molar-refractivity contribution is -0.139. The Labute approximate surface area is 214 Å². The second-order valence-electron chi connectivity index (χ2n) is 8.69. The summed E-state index contributed by atoms with van der Waals surface area (Å²) in [4.78, 5) is 28.1. The number of methoxy groups -OCH3 is 3. The SMILES string of the molecule is COc1ccc(C2/C(=C(\O)c3cc(C)ccc3OC)C(=O)C(=O)N2CCc2ccc(F)cc2)cc1OC. The van der Waals surface area contributed by atoms with E-state index in [2.05, 4.69) is 0 Å². The summed E-state index contributed by atoms with van der Waals surface area (Å²) in [6.45, 7) is 2.01. The number of aliphatic hydroxyl groups excluding tert-OH is 1. The number of ketones is 1. The van der Waals surface area contributed by atoms with Crippen molar-refractivity contribution in [2.45, 2.75) is 19.4 Å². The summed E-state index contributed by atoms with van der Waals surface area (Å²) in [7, 11) is 4.47. The fourth-order valence-corrected chi connectivity index (χ4v) is 4.53. The molecule has 1 unspecified atom stereocenters. The van der Waals surface area contributed by atoms with Crippen LogP contribution in [0.1, 0.15) is 28.3 Å². The Bertz CT molecular complexity index is 1370. The minimum Gasteiger partial charge on any atom is -0.507 e. The summed E-state index contributed by atoms with van der Waals surface area (Å²) < 4.78 is 29.6. The third kappa shape index (κ3) is 5.00. The van der Waals surface area contributed by atoms with E-state index >= 15 is 0 Å². The quantitative estimate of drug-likeness (QED) is 0.268. The monoisotopic (exact) mass is 505 g/mol. The Hall–Kier alpha value is -4.33. The van der Waals surface area contributed by atoms with E-state index < -0.39 is 17.7 Å². The number of Topliss-reactive ketones (excluding diaryl/α,β-unsaturated/α-hetero) is 1. The van der Waals surface area contributed by atoms with Gasteiger partial charge in [-0.25, -0.2) is 4.39 Å². The molecule has 1 aliphatic rings. The molecule has 37 heavy (non-hydrogen) atoms. The van der Waals surface area contributed by atoms with Crippen LogP contribution in [0.25, 0.3) is 5.76 Å². The fourth-order valence-electron chi connectivity index (χ4n) is 4.53. The van der Waals surface area contributed by atoms with Crippen LogP contribution in [-0.2, 0) is 16.0 Å². The summed E-state index contributed by atoms with van der Waals surface area (Å²) in [5.74, 6) is -0.974. The number of ether oxygens (including phenoxy) is 3. The van der Waals surface area contributed by atoms with Crippen molar-refractivity contribution >= 4 is 17.4 Å². The summed E-state index contributed by atoms with van der Waals surface area (Å²) in [5, 5.41) is 11.4. The van der Waals surface area contributed by atoms with E-state index in [0.29, 0.717) is 34.8 Å². The molecule has 0 bridgehead atoms. The number of benzene rings is 3. The minimum absolute atomic E-state index is 0.0553. The van der Waals surface area contributed by atoms with Crippen molar-refractivity contribution in [1.82, 2.24) is 4.90 Å². The predicted octanol–water partition coefficient (Wildman–Crippen LogP) is 4.82. The molecule has 3 aromatic carbocycles. The smallest absolute Gasteiger partial charge is 0.295 e. The zero-order chi connectivity index (χ0) is 26.7. The van der Waals surface area contributed by atoms with Gasteiger partial charge in [0.1, 0.15) is 17.3 Å². The number of likely N-dealkylation sites (tertiary alicyclic amines) is 1. The van der Waals surface area contributed by atoms with Crippen molar-refractivity contribution in [1.29, 1.82) is 0 Å². The summed E-state index contributed by atoms with van der Waals surface area (Å²) in [6.07, 6.45) is 0.380. The van der Waals surface area contributed by atoms with E-state index in [9.17, 15) is 19.1 Å². The van der Waals surface area contributed by atoms with Crippen LogP contribution >= 0.6 is 0 Å². The molecule has 4 rings (SSSR count). The maximum absolute atomic E-state index is 13.4. The summed E-state index contributed by atoms with van der Waals surface area (Å²) >= 11 is 0. The standard InChI is InChI=1S/C29H28FNO6/c1-17-5-11-22(35-2)21(15-17)27(32)25-26(19-8-12-23(36-3)24(16-19)37-4)31(29(34)28(25)33)14-13-18-6-9-20(30)10-7-18/h5-12,15-16,26,32H,13-14H2,1-4H3/b27-25+. The van der Waals surface area contributed by atoms with Gasteiger partial charge in [0.05, 0.1) is 38.5 Å². The van der Waals surface area contributed by atoms with Crippen LogP contribution in [0.4, 0.5) is 4.39 Å². The van der Waals surface area contributed by atoms with Gasteiger partial charge in [-0.3, -0.25) is 9.59 Å². The maximum atomic E-state index is 13.4. The van der Waals surface area contributed by atoms with Crippen molar-refractivity contribution < 1.29 is 33.3 Å². The Morgan fingerprint density at radius 2 is 1.54 bits per heavy atom. The topological polar surface area (TPSA) is 85.3 Å². The van der Waals surface area contributed by atoms with Gasteiger partial charge in [-0.2, -0.15) is 0 Å². The van der Waals surface area contributed by atoms with E-state index in [4.69, 9.17) is 14.2 Å². The highest BCUT2D eigenvalue weighted by molar-refractivity contribution is 6.46. The van der Waals surface area contributed by atoms with Crippen LogP contribution in [0.15, 0.2) is 66.2 Å². The molecule has 1 saturated heterocycles. The van der Waals surface area contributed by atoms with Gasteiger partial charge >= 0.3 is 0 Å². The molecule has 3 aromatic rings. The van der Waals surface area contributed by atoms with Crippen LogP contribution in [0.2, 0.25) is 0 Å². The number of rotatable bonds is 8. The molecule has 1 heterocycles. The largest absolute Gasteiger partial charge is 0.507 e. The summed E-state index contributed by atoms with van der Waals surface area (Å²) in [6, 6.07) is 15.4. The average molecular weight is 506 g/mol. The van der Waals surface area contributed by atoms with Crippen LogP contribution in [-0.4, -0.2) is 49.6 Å². The van der Waals surface area contributed by atoms with Gasteiger partial charge in [-0.15, -0.1) is 0 Å². The van der Waals surface area contributed by atoms with Crippen LogP contribution in [0, 0.1) is 12.7 Å². The highest BCUT2D eigenvalue weighted by atomic mass is 19.1. The zero-order valence-electron chi connectivity index (χ0n) is 21.1. The highest BCUT2D eigenvalue weighted by Crippen LogP contribution is 2.43. The molecule has 0 radical (unpaired) electrons. The number of carbonyl (C=O) groups is 2. The van der Waals surface area contributed by atoms with Crippen molar-refractivity contribution in [3.8, 4) is 17.2 Å². The lowest BCUT2D eigenvalue weighted by Gasteiger charge is -2.26. The van der Waals surface area contributed by atoms with Gasteiger partial charge < -0.3 is 24.2 Å². The van der Waals surface area contributed by atoms with Crippen LogP contribution in [0.3, 0.4) is 0 Å². The Morgan fingerprint density at radius 1 is 0.892 bits per heavy atom. The first kappa shape index (κ1) is 25.8. The predicted molar refractivity (Wildman–Crippen MR) is 136 cm³/mol. The third-order valence-electron chi connectivity index (χ3n) is 6.43. The van der Waals surface area contributed by atoms with Crippen molar-refractivity contribution in [2.24, 2.45) is 0 Å². The van der Waals surface area contributed by atoms with E-state index in [0.717, 1.165) is 11.1 Å². The van der Waals surface area contributed by atoms with Gasteiger partial charge in [0, 0.05) is 6.54 Å². The molecule has 1 aliphatic heterocycles. The molecule has 8 heteroatoms. The van der Waals surface area contributed by atoms with E-state index in [1.807, 2.05) is 13.0 Å². The summed E-state index contributed by atoms with van der Waals surface area (Å²) in [5.41, 5.74) is 2.46. The number of hydrogen-bond donors (Lipinski definition) is 1. The molecule has 1 atom stereocenters. The lowest BCUT2D eigenvalue weighted by Crippen LogP contribution is -2.31. The molecular weight excluding hydrogens is 477 g/mol. The minimum atomic E-state index is -0.898. The van der Waals surface area contributed by atoms with Gasteiger partial charge in [0.25, 0.3) is 11.7 Å². The molecule has 0 spiro atoms. The molecule has 1 fully saturated rings. The first-order valence-electron chi connectivity index (χ1n) is 11.7. The molecule has 0 saturated carbocycles. The van der Waals surface area contributed by atoms with Gasteiger partial charge in [0.15, 0.2) is 11.5 Å². The Balaban J connectivity index is 1.86. The molecule has 192 valence electrons. The number of carbonyl (C=O) groups excluding carboxylic acids is 2. The van der Waals surface area contributed by atoms with Gasteiger partial charge in [-0.05, 0) is 60.9 Å². The van der Waals surface area contributed by atoms with Crippen LogP contribution < -0.4 is 14.2 Å². The molecule has 0 aromatic heterocycles. The Kier molecular flexibility index (Phi) is 7.47. The molecule has 7 nitrogen and oxygen atoms in total. The van der Waals surface area contributed by atoms with Crippen molar-refractivity contribution in [2.75, 3.05) is 27.9 Å². The molecule has 1 N–H and O–H groups in total. The van der Waals surface area contributed by atoms with Crippen molar-refractivity contribution in [3.63, 3.8) is 0 Å². The number of amides is 1. The van der Waals surface area contributed by atoms with Gasteiger partial charge in [-0.1, -0.05) is 29.8 Å². The number of nitrogens with zero attached hydrogens (tertiary/aromatic N) is 1. The third-order valence-corrected chi connectivity index (χ3v) is 6.43. The van der Waals surface area contributed by atoms with E-state index in [-0.39, 0.29) is 23.7 Å². The van der Waals surface area contributed by atoms with Gasteiger partial charge in [0.2, 0.25) is 0 Å². The second kappa shape index (κ2) is 10.7. The highest BCUT2D eigenvalue weighted by Gasteiger charge is 2.46. The number of hydrogen-bond acceptors (Lipinski definition) is 6. The van der Waals surface area contributed by atoms with E-state index in [1.54, 1.807) is 42.5 Å². The average Bonchev–Trinajstić information content (AvgIpc) is 3.16. The molecular formula is C29H28FNO6.